The lowest BCUT2D eigenvalue weighted by atomic mass is 10.0. The molecular weight excluding hydrogens is 315 g/mol. The Hall–Kier alpha value is -2.35. The Balaban J connectivity index is 1.76. The molecule has 0 saturated carbocycles. The first kappa shape index (κ1) is 18.0. The summed E-state index contributed by atoms with van der Waals surface area (Å²) in [5, 5.41) is 9.47. The van der Waals surface area contributed by atoms with Gasteiger partial charge in [-0.15, -0.1) is 0 Å². The second-order valence-electron chi connectivity index (χ2n) is 5.76. The van der Waals surface area contributed by atoms with E-state index >= 15 is 0 Å². The third kappa shape index (κ3) is 5.09. The van der Waals surface area contributed by atoms with E-state index in [1.54, 1.807) is 12.1 Å². The Morgan fingerprint density at radius 1 is 1.46 bits per heavy atom. The third-order valence-corrected chi connectivity index (χ3v) is 3.55. The molecule has 1 aliphatic heterocycles. The number of oxime groups is 1. The van der Waals surface area contributed by atoms with Gasteiger partial charge in [0.25, 0.3) is 0 Å². The zero-order valence-electron chi connectivity index (χ0n) is 14.1. The highest BCUT2D eigenvalue weighted by Crippen LogP contribution is 2.22. The number of rotatable bonds is 7. The second-order valence-corrected chi connectivity index (χ2v) is 5.76. The van der Waals surface area contributed by atoms with Gasteiger partial charge in [-0.05, 0) is 32.3 Å². The van der Waals surface area contributed by atoms with Crippen LogP contribution < -0.4 is 15.4 Å². The van der Waals surface area contributed by atoms with Crippen molar-refractivity contribution in [2.24, 2.45) is 5.16 Å². The average molecular weight is 338 g/mol. The molecule has 2 rings (SSSR count). The summed E-state index contributed by atoms with van der Waals surface area (Å²) in [7, 11) is 5.29. The molecule has 7 nitrogen and oxygen atoms in total. The number of hydrogen-bond donors (Lipinski definition) is 2. The number of hydrogen-bond acceptors (Lipinski definition) is 5. The zero-order valence-corrected chi connectivity index (χ0v) is 14.1. The van der Waals surface area contributed by atoms with Crippen molar-refractivity contribution in [3.63, 3.8) is 0 Å². The predicted molar refractivity (Wildman–Crippen MR) is 88.9 cm³/mol. The predicted octanol–water partition coefficient (Wildman–Crippen LogP) is 1.19. The first-order valence-corrected chi connectivity index (χ1v) is 7.72. The van der Waals surface area contributed by atoms with Crippen LogP contribution in [0, 0.1) is 5.82 Å². The molecule has 132 valence electrons. The molecular formula is C16H23FN4O3. The van der Waals surface area contributed by atoms with Gasteiger partial charge in [0.15, 0.2) is 17.7 Å². The molecule has 1 heterocycles. The monoisotopic (exact) mass is 338 g/mol. The van der Waals surface area contributed by atoms with Crippen LogP contribution in [0.4, 0.5) is 9.18 Å². The van der Waals surface area contributed by atoms with Gasteiger partial charge in [0.05, 0.1) is 19.4 Å². The van der Waals surface area contributed by atoms with Gasteiger partial charge >= 0.3 is 6.03 Å². The Labute approximate surface area is 140 Å². The number of likely N-dealkylation sites (N-methyl/N-ethyl adjacent to an activating group) is 1. The molecule has 24 heavy (non-hydrogen) atoms. The van der Waals surface area contributed by atoms with E-state index in [9.17, 15) is 9.18 Å². The first-order chi connectivity index (χ1) is 11.5. The fourth-order valence-corrected chi connectivity index (χ4v) is 2.22. The van der Waals surface area contributed by atoms with E-state index in [2.05, 4.69) is 15.8 Å². The van der Waals surface area contributed by atoms with Crippen LogP contribution in [0.3, 0.4) is 0 Å². The minimum absolute atomic E-state index is 0.186. The summed E-state index contributed by atoms with van der Waals surface area (Å²) in [6.45, 7) is 1.67. The number of benzene rings is 1. The van der Waals surface area contributed by atoms with Crippen LogP contribution in [0.15, 0.2) is 23.4 Å². The molecule has 0 aromatic heterocycles. The van der Waals surface area contributed by atoms with Crippen LogP contribution in [0.2, 0.25) is 0 Å². The summed E-state index contributed by atoms with van der Waals surface area (Å²) < 4.78 is 18.6. The number of carbonyl (C=O) groups is 1. The van der Waals surface area contributed by atoms with Crippen LogP contribution in [0.25, 0.3) is 0 Å². The summed E-state index contributed by atoms with van der Waals surface area (Å²) in [6.07, 6.45) is 0.244. The van der Waals surface area contributed by atoms with E-state index < -0.39 is 5.82 Å². The summed E-state index contributed by atoms with van der Waals surface area (Å²) >= 11 is 0. The Morgan fingerprint density at radius 2 is 2.25 bits per heavy atom. The molecule has 1 aliphatic rings. The van der Waals surface area contributed by atoms with Gasteiger partial charge in [-0.1, -0.05) is 5.16 Å². The van der Waals surface area contributed by atoms with E-state index in [1.807, 2.05) is 19.0 Å². The van der Waals surface area contributed by atoms with Crippen molar-refractivity contribution in [2.45, 2.75) is 12.5 Å². The average Bonchev–Trinajstić information content (AvgIpc) is 3.01. The van der Waals surface area contributed by atoms with Crippen LogP contribution in [-0.2, 0) is 4.84 Å². The highest BCUT2D eigenvalue weighted by Gasteiger charge is 2.23. The molecule has 0 fully saturated rings. The minimum atomic E-state index is -0.445. The summed E-state index contributed by atoms with van der Waals surface area (Å²) in [4.78, 5) is 18.9. The molecule has 2 amide bonds. The summed E-state index contributed by atoms with van der Waals surface area (Å²) in [5.74, 6) is -0.259. The van der Waals surface area contributed by atoms with E-state index in [-0.39, 0.29) is 17.9 Å². The van der Waals surface area contributed by atoms with E-state index in [0.717, 1.165) is 6.54 Å². The fraction of sp³-hybridized carbons (Fsp3) is 0.500. The Kier molecular flexibility index (Phi) is 6.36. The quantitative estimate of drug-likeness (QED) is 0.783. The van der Waals surface area contributed by atoms with E-state index in [1.165, 1.54) is 13.2 Å². The van der Waals surface area contributed by atoms with Crippen molar-refractivity contribution < 1.29 is 18.8 Å². The summed E-state index contributed by atoms with van der Waals surface area (Å²) in [6, 6.07) is 4.40. The molecule has 1 unspecified atom stereocenters. The lowest BCUT2D eigenvalue weighted by molar-refractivity contribution is 0.0865. The van der Waals surface area contributed by atoms with Gasteiger partial charge in [0.1, 0.15) is 0 Å². The lowest BCUT2D eigenvalue weighted by Gasteiger charge is -2.13. The largest absolute Gasteiger partial charge is 0.494 e. The SMILES string of the molecule is COc1ccc(C2=NOC(CNC(=O)NCCN(C)C)C2)cc1F. The number of halogens is 1. The standard InChI is InChI=1S/C16H23FN4O3/c1-21(2)7-6-18-16(22)19-10-12-9-14(20-24-12)11-4-5-15(23-3)13(17)8-11/h4-5,8,12H,6-7,9-10H2,1-3H3,(H2,18,19,22). The Morgan fingerprint density at radius 3 is 2.92 bits per heavy atom. The maximum absolute atomic E-state index is 13.7. The van der Waals surface area contributed by atoms with Crippen molar-refractivity contribution in [2.75, 3.05) is 40.8 Å². The van der Waals surface area contributed by atoms with Gasteiger partial charge in [-0.2, -0.15) is 0 Å². The van der Waals surface area contributed by atoms with Gasteiger partial charge in [-0.3, -0.25) is 0 Å². The second kappa shape index (κ2) is 8.49. The Bertz CT molecular complexity index is 607. The van der Waals surface area contributed by atoms with Crippen LogP contribution >= 0.6 is 0 Å². The number of urea groups is 1. The van der Waals surface area contributed by atoms with E-state index in [0.29, 0.717) is 30.8 Å². The molecule has 0 radical (unpaired) electrons. The topological polar surface area (TPSA) is 75.2 Å². The smallest absolute Gasteiger partial charge is 0.314 e. The van der Waals surface area contributed by atoms with E-state index in [4.69, 9.17) is 9.57 Å². The fourth-order valence-electron chi connectivity index (χ4n) is 2.22. The van der Waals surface area contributed by atoms with Gasteiger partial charge < -0.3 is 25.1 Å². The lowest BCUT2D eigenvalue weighted by Crippen LogP contribution is -2.42. The normalized spacial score (nSPS) is 16.5. The van der Waals surface area contributed by atoms with Crippen molar-refractivity contribution in [3.05, 3.63) is 29.6 Å². The molecule has 2 N–H and O–H groups in total. The third-order valence-electron chi connectivity index (χ3n) is 3.55. The molecule has 1 atom stereocenters. The molecule has 0 aliphatic carbocycles. The summed E-state index contributed by atoms with van der Waals surface area (Å²) in [5.41, 5.74) is 1.29. The van der Waals surface area contributed by atoms with Crippen LogP contribution in [0.5, 0.6) is 5.75 Å². The van der Waals surface area contributed by atoms with Gasteiger partial charge in [0.2, 0.25) is 0 Å². The van der Waals surface area contributed by atoms with Crippen molar-refractivity contribution in [3.8, 4) is 5.75 Å². The van der Waals surface area contributed by atoms with Crippen LogP contribution in [0.1, 0.15) is 12.0 Å². The number of methoxy groups -OCH3 is 1. The molecule has 1 aromatic rings. The molecule has 8 heteroatoms. The molecule has 1 aromatic carbocycles. The molecule has 0 spiro atoms. The molecule has 0 bridgehead atoms. The minimum Gasteiger partial charge on any atom is -0.494 e. The zero-order chi connectivity index (χ0) is 17.5. The highest BCUT2D eigenvalue weighted by atomic mass is 19.1. The van der Waals surface area contributed by atoms with Crippen molar-refractivity contribution in [1.82, 2.24) is 15.5 Å². The number of amides is 2. The van der Waals surface area contributed by atoms with Crippen LogP contribution in [-0.4, -0.2) is 63.6 Å². The van der Waals surface area contributed by atoms with Gasteiger partial charge in [0, 0.05) is 25.1 Å². The van der Waals surface area contributed by atoms with Gasteiger partial charge in [-0.25, -0.2) is 9.18 Å². The number of carbonyl (C=O) groups excluding carboxylic acids is 1. The maximum atomic E-state index is 13.7. The number of nitrogens with one attached hydrogen (secondary N) is 2. The van der Waals surface area contributed by atoms with Crippen molar-refractivity contribution >= 4 is 11.7 Å². The van der Waals surface area contributed by atoms with Crippen molar-refractivity contribution in [1.29, 1.82) is 0 Å². The molecule has 0 saturated heterocycles. The maximum Gasteiger partial charge on any atom is 0.314 e. The number of nitrogens with zero attached hydrogens (tertiary/aromatic N) is 2. The highest BCUT2D eigenvalue weighted by molar-refractivity contribution is 6.01. The number of ether oxygens (including phenoxy) is 1. The first-order valence-electron chi connectivity index (χ1n) is 7.72.